The van der Waals surface area contributed by atoms with Crippen molar-refractivity contribution >= 4 is 50.7 Å². The smallest absolute Gasteiger partial charge is 0.304 e. The molecule has 0 unspecified atom stereocenters. The Hall–Kier alpha value is -3.93. The van der Waals surface area contributed by atoms with Crippen molar-refractivity contribution in [2.45, 2.75) is 32.4 Å². The maximum atomic E-state index is 12.5. The number of benzene rings is 3. The average Bonchev–Trinajstić information content (AvgIpc) is 3.60. The van der Waals surface area contributed by atoms with E-state index in [0.29, 0.717) is 27.9 Å². The maximum absolute atomic E-state index is 12.5. The number of aryl methyl sites for hydroxylation is 2. The van der Waals surface area contributed by atoms with Gasteiger partial charge in [0.15, 0.2) is 5.17 Å². The fourth-order valence-electron chi connectivity index (χ4n) is 4.80. The molecule has 2 amide bonds. The second kappa shape index (κ2) is 10.9. The molecule has 40 heavy (non-hydrogen) atoms. The largest absolute Gasteiger partial charge is 0.489 e. The van der Waals surface area contributed by atoms with Crippen LogP contribution in [-0.2, 0) is 45.8 Å². The van der Waals surface area contributed by atoms with Crippen LogP contribution in [0.1, 0.15) is 34.2 Å². The number of hydrogen-bond acceptors (Lipinski definition) is 7. The zero-order valence-corrected chi connectivity index (χ0v) is 23.1. The number of carbonyl (C=O) groups is 2. The number of amides is 2. The molecule has 0 atom stereocenters. The van der Waals surface area contributed by atoms with Crippen LogP contribution >= 0.6 is 11.8 Å². The first kappa shape index (κ1) is 26.3. The lowest BCUT2D eigenvalue weighted by molar-refractivity contribution is -0.118. The van der Waals surface area contributed by atoms with Crippen LogP contribution in [-0.4, -0.2) is 36.2 Å². The van der Waals surface area contributed by atoms with Crippen molar-refractivity contribution in [1.82, 2.24) is 14.3 Å². The number of ether oxygens (including phenoxy) is 1. The van der Waals surface area contributed by atoms with E-state index in [9.17, 15) is 18.0 Å². The summed E-state index contributed by atoms with van der Waals surface area (Å²) in [4.78, 5) is 28.9. The van der Waals surface area contributed by atoms with Gasteiger partial charge in [0.2, 0.25) is 5.91 Å². The van der Waals surface area contributed by atoms with Crippen LogP contribution < -0.4 is 14.8 Å². The fourth-order valence-corrected chi connectivity index (χ4v) is 6.73. The van der Waals surface area contributed by atoms with E-state index in [1.54, 1.807) is 24.3 Å². The van der Waals surface area contributed by atoms with Gasteiger partial charge in [0.05, 0.1) is 17.1 Å². The molecule has 2 heterocycles. The average molecular weight is 575 g/mol. The molecule has 2 fully saturated rings. The number of nitrogens with one attached hydrogen (secondary N) is 2. The van der Waals surface area contributed by atoms with Gasteiger partial charge in [0.25, 0.3) is 5.91 Å². The van der Waals surface area contributed by atoms with Crippen LogP contribution in [0.3, 0.4) is 0 Å². The summed E-state index contributed by atoms with van der Waals surface area (Å²) in [7, 11) is -3.78. The Balaban J connectivity index is 1.05. The van der Waals surface area contributed by atoms with Crippen LogP contribution in [0.5, 0.6) is 5.75 Å². The maximum Gasteiger partial charge on any atom is 0.304 e. The van der Waals surface area contributed by atoms with Gasteiger partial charge in [-0.15, -0.1) is 0 Å². The molecule has 2 N–H and O–H groups in total. The molecule has 0 spiro atoms. The summed E-state index contributed by atoms with van der Waals surface area (Å²) in [6.07, 6.45) is 5.35. The van der Waals surface area contributed by atoms with Gasteiger partial charge in [-0.25, -0.2) is 9.71 Å². The lowest BCUT2D eigenvalue weighted by Crippen LogP contribution is -2.29. The minimum absolute atomic E-state index is 0.0775. The summed E-state index contributed by atoms with van der Waals surface area (Å²) in [6.45, 7) is 0.393. The third-order valence-corrected chi connectivity index (χ3v) is 9.16. The quantitative estimate of drug-likeness (QED) is 0.415. The van der Waals surface area contributed by atoms with Crippen molar-refractivity contribution in [3.63, 3.8) is 0 Å². The second-order valence-electron chi connectivity index (χ2n) is 9.76. The third-order valence-electron chi connectivity index (χ3n) is 6.83. The van der Waals surface area contributed by atoms with Gasteiger partial charge in [-0.05, 0) is 89.2 Å². The molecular weight excluding hydrogens is 548 g/mol. The monoisotopic (exact) mass is 574 g/mol. The standard InChI is InChI=1S/C29H26N4O5S2/c34-27-17-33(40(36,37)32-27)16-20-5-10-24(11-6-20)30-29-31-28(35)26(39-29)15-19-7-12-25(13-8-19)38-18-21-4-9-22-2-1-3-23(22)14-21/h4-15H,1-3,16-18H2,(H,32,34)(H,30,31,35). The van der Waals surface area contributed by atoms with Crippen molar-refractivity contribution in [3.05, 3.63) is 99.5 Å². The van der Waals surface area contributed by atoms with E-state index in [1.165, 1.54) is 41.3 Å². The van der Waals surface area contributed by atoms with Crippen molar-refractivity contribution in [1.29, 1.82) is 0 Å². The van der Waals surface area contributed by atoms with Gasteiger partial charge in [-0.3, -0.25) is 9.59 Å². The van der Waals surface area contributed by atoms with E-state index in [4.69, 9.17) is 4.74 Å². The number of amidine groups is 1. The first-order chi connectivity index (χ1) is 19.3. The van der Waals surface area contributed by atoms with Crippen LogP contribution in [0, 0.1) is 0 Å². The lowest BCUT2D eigenvalue weighted by Gasteiger charge is -2.12. The molecule has 3 aromatic rings. The van der Waals surface area contributed by atoms with Gasteiger partial charge in [-0.2, -0.15) is 12.7 Å². The number of rotatable bonds is 7. The highest BCUT2D eigenvalue weighted by Gasteiger charge is 2.33. The molecule has 0 radical (unpaired) electrons. The molecular formula is C29H26N4O5S2. The molecule has 0 saturated carbocycles. The van der Waals surface area contributed by atoms with Gasteiger partial charge in [0.1, 0.15) is 12.4 Å². The highest BCUT2D eigenvalue weighted by Crippen LogP contribution is 2.29. The zero-order valence-electron chi connectivity index (χ0n) is 21.4. The van der Waals surface area contributed by atoms with Crippen molar-refractivity contribution in [2.75, 3.05) is 6.54 Å². The SMILES string of the molecule is O=C1CN(Cc2ccc(N=C3NC(=O)C(=Cc4ccc(OCc5ccc6c(c5)CCC6)cc4)S3)cc2)S(=O)(=O)N1. The number of aliphatic imine (C=N–C) groups is 1. The number of thioether (sulfide) groups is 1. The van der Waals surface area contributed by atoms with Crippen molar-refractivity contribution in [3.8, 4) is 5.75 Å². The Morgan fingerprint density at radius 2 is 1.70 bits per heavy atom. The Labute approximate surface area is 236 Å². The summed E-state index contributed by atoms with van der Waals surface area (Å²) in [6, 6.07) is 21.1. The van der Waals surface area contributed by atoms with E-state index in [-0.39, 0.29) is 19.0 Å². The molecule has 2 aliphatic heterocycles. The molecule has 3 aliphatic rings. The summed E-state index contributed by atoms with van der Waals surface area (Å²) < 4.78 is 32.8. The topological polar surface area (TPSA) is 117 Å². The second-order valence-corrected chi connectivity index (χ2v) is 12.5. The van der Waals surface area contributed by atoms with E-state index in [1.807, 2.05) is 35.1 Å². The molecule has 0 bridgehead atoms. The van der Waals surface area contributed by atoms with Crippen LogP contribution in [0.15, 0.2) is 76.6 Å². The highest BCUT2D eigenvalue weighted by atomic mass is 32.2. The number of hydrogen-bond donors (Lipinski definition) is 2. The molecule has 3 aromatic carbocycles. The van der Waals surface area contributed by atoms with E-state index in [0.717, 1.165) is 22.0 Å². The number of nitrogens with zero attached hydrogens (tertiary/aromatic N) is 2. The first-order valence-corrected chi connectivity index (χ1v) is 15.1. The van der Waals surface area contributed by atoms with E-state index < -0.39 is 16.1 Å². The molecule has 9 nitrogen and oxygen atoms in total. The molecule has 6 rings (SSSR count). The van der Waals surface area contributed by atoms with Crippen LogP contribution in [0.25, 0.3) is 6.08 Å². The summed E-state index contributed by atoms with van der Waals surface area (Å²) >= 11 is 1.25. The Morgan fingerprint density at radius 1 is 0.950 bits per heavy atom. The molecule has 2 saturated heterocycles. The predicted molar refractivity (Wildman–Crippen MR) is 154 cm³/mol. The number of fused-ring (bicyclic) bond motifs is 1. The van der Waals surface area contributed by atoms with Gasteiger partial charge in [-0.1, -0.05) is 42.5 Å². The van der Waals surface area contributed by atoms with Crippen LogP contribution in [0.4, 0.5) is 5.69 Å². The Bertz CT molecular complexity index is 1650. The van der Waals surface area contributed by atoms with Crippen molar-refractivity contribution < 1.29 is 22.7 Å². The van der Waals surface area contributed by atoms with E-state index in [2.05, 4.69) is 28.5 Å². The van der Waals surface area contributed by atoms with Crippen LogP contribution in [0.2, 0.25) is 0 Å². The normalized spacial score (nSPS) is 20.1. The summed E-state index contributed by atoms with van der Waals surface area (Å²) in [5.41, 5.74) is 6.25. The fraction of sp³-hybridized carbons (Fsp3) is 0.207. The number of carbonyl (C=O) groups excluding carboxylic acids is 2. The molecule has 204 valence electrons. The summed E-state index contributed by atoms with van der Waals surface area (Å²) in [5, 5.41) is 3.23. The van der Waals surface area contributed by atoms with Gasteiger partial charge in [0, 0.05) is 6.54 Å². The summed E-state index contributed by atoms with van der Waals surface area (Å²) in [5.74, 6) is -0.00798. The minimum atomic E-state index is -3.78. The van der Waals surface area contributed by atoms with Gasteiger partial charge < -0.3 is 10.1 Å². The molecule has 11 heteroatoms. The zero-order chi connectivity index (χ0) is 27.7. The van der Waals surface area contributed by atoms with E-state index >= 15 is 0 Å². The molecule has 1 aliphatic carbocycles. The van der Waals surface area contributed by atoms with Gasteiger partial charge >= 0.3 is 10.2 Å². The lowest BCUT2D eigenvalue weighted by atomic mass is 10.1. The molecule has 0 aromatic heterocycles. The highest BCUT2D eigenvalue weighted by molar-refractivity contribution is 8.18. The van der Waals surface area contributed by atoms with Crippen molar-refractivity contribution in [2.24, 2.45) is 4.99 Å². The Kier molecular flexibility index (Phi) is 7.18. The predicted octanol–water partition coefficient (Wildman–Crippen LogP) is 3.82. The Morgan fingerprint density at radius 3 is 2.45 bits per heavy atom. The minimum Gasteiger partial charge on any atom is -0.489 e. The third kappa shape index (κ3) is 5.96. The first-order valence-electron chi connectivity index (χ1n) is 12.8.